The van der Waals surface area contributed by atoms with Gasteiger partial charge in [0.15, 0.2) is 6.61 Å². The number of ether oxygens (including phenoxy) is 2. The number of nitrogens with zero attached hydrogens (tertiary/aromatic N) is 2. The number of carbonyl (C=O) groups excluding carboxylic acids is 2. The van der Waals surface area contributed by atoms with Crippen molar-refractivity contribution in [3.8, 4) is 0 Å². The number of esters is 1. The molecular weight excluding hydrogens is 506 g/mol. The minimum atomic E-state index is -3.99. The van der Waals surface area contributed by atoms with E-state index < -0.39 is 28.5 Å². The molecule has 0 aliphatic carbocycles. The first kappa shape index (κ1) is 26.9. The summed E-state index contributed by atoms with van der Waals surface area (Å²) < 4.78 is 38.4. The van der Waals surface area contributed by atoms with Crippen LogP contribution in [0, 0.1) is 0 Å². The van der Waals surface area contributed by atoms with Gasteiger partial charge >= 0.3 is 5.97 Å². The monoisotopic (exact) mass is 535 g/mol. The molecule has 0 unspecified atom stereocenters. The topological polar surface area (TPSA) is 105 Å². The van der Waals surface area contributed by atoms with Crippen molar-refractivity contribution in [2.45, 2.75) is 4.90 Å². The van der Waals surface area contributed by atoms with Crippen LogP contribution >= 0.6 is 0 Å². The molecule has 10 heteroatoms. The number of rotatable bonds is 10. The third-order valence-electron chi connectivity index (χ3n) is 5.86. The van der Waals surface area contributed by atoms with Gasteiger partial charge in [-0.2, -0.15) is 0 Å². The molecule has 1 N–H and O–H groups in total. The van der Waals surface area contributed by atoms with E-state index in [2.05, 4.69) is 16.8 Å². The van der Waals surface area contributed by atoms with Crippen LogP contribution in [0.25, 0.3) is 0 Å². The zero-order valence-corrected chi connectivity index (χ0v) is 21.6. The Hall–Kier alpha value is -4.15. The number of nitrogens with one attached hydrogen (secondary N) is 1. The lowest BCUT2D eigenvalue weighted by Gasteiger charge is -2.28. The second kappa shape index (κ2) is 12.4. The average molecular weight is 536 g/mol. The van der Waals surface area contributed by atoms with Gasteiger partial charge in [-0.15, -0.1) is 6.58 Å². The van der Waals surface area contributed by atoms with E-state index in [1.807, 2.05) is 12.1 Å². The molecule has 0 atom stereocenters. The van der Waals surface area contributed by atoms with Crippen molar-refractivity contribution in [2.75, 3.05) is 54.0 Å². The summed E-state index contributed by atoms with van der Waals surface area (Å²) in [6, 6.07) is 21.5. The first-order valence-corrected chi connectivity index (χ1v) is 13.5. The number of benzene rings is 3. The van der Waals surface area contributed by atoms with E-state index in [-0.39, 0.29) is 17.0 Å². The molecule has 4 rings (SSSR count). The van der Waals surface area contributed by atoms with Gasteiger partial charge < -0.3 is 19.7 Å². The van der Waals surface area contributed by atoms with Gasteiger partial charge in [0.25, 0.3) is 15.9 Å². The van der Waals surface area contributed by atoms with Gasteiger partial charge in [0, 0.05) is 24.5 Å². The highest BCUT2D eigenvalue weighted by atomic mass is 32.2. The summed E-state index contributed by atoms with van der Waals surface area (Å²) in [5, 5.41) is 2.69. The maximum atomic E-state index is 13.3. The second-order valence-electron chi connectivity index (χ2n) is 8.46. The Morgan fingerprint density at radius 3 is 2.39 bits per heavy atom. The largest absolute Gasteiger partial charge is 0.452 e. The summed E-state index contributed by atoms with van der Waals surface area (Å²) in [5.74, 6) is -1.32. The summed E-state index contributed by atoms with van der Waals surface area (Å²) in [5.41, 5.74) is 2.08. The minimum absolute atomic E-state index is 0.0142. The van der Waals surface area contributed by atoms with E-state index in [1.54, 1.807) is 42.5 Å². The zero-order chi connectivity index (χ0) is 27.0. The Bertz CT molecular complexity index is 1370. The molecule has 38 heavy (non-hydrogen) atoms. The van der Waals surface area contributed by atoms with E-state index in [0.29, 0.717) is 24.6 Å². The van der Waals surface area contributed by atoms with E-state index in [4.69, 9.17) is 9.47 Å². The number of hydrogen-bond donors (Lipinski definition) is 1. The Balaban J connectivity index is 1.37. The first-order valence-electron chi connectivity index (χ1n) is 12.1. The molecule has 1 aliphatic heterocycles. The number of amides is 1. The molecule has 1 saturated heterocycles. The van der Waals surface area contributed by atoms with Crippen molar-refractivity contribution in [1.82, 2.24) is 0 Å². The SMILES string of the molecule is C=CCN(c1ccccc1)S(=O)(=O)c1cccc(C(=O)OCC(=O)Nc2ccc(N3CCOCC3)cc2)c1. The number of sulfonamides is 1. The third kappa shape index (κ3) is 6.58. The van der Waals surface area contributed by atoms with Crippen molar-refractivity contribution >= 4 is 39.0 Å². The van der Waals surface area contributed by atoms with E-state index in [1.165, 1.54) is 34.6 Å². The quantitative estimate of drug-likeness (QED) is 0.312. The van der Waals surface area contributed by atoms with Crippen molar-refractivity contribution in [1.29, 1.82) is 0 Å². The third-order valence-corrected chi connectivity index (χ3v) is 7.65. The molecule has 0 radical (unpaired) electrons. The lowest BCUT2D eigenvalue weighted by molar-refractivity contribution is -0.119. The van der Waals surface area contributed by atoms with Gasteiger partial charge in [-0.3, -0.25) is 9.10 Å². The van der Waals surface area contributed by atoms with Crippen molar-refractivity contribution in [3.05, 3.63) is 97.1 Å². The molecule has 198 valence electrons. The van der Waals surface area contributed by atoms with Gasteiger partial charge in [0.1, 0.15) is 0 Å². The first-order chi connectivity index (χ1) is 18.4. The van der Waals surface area contributed by atoms with E-state index in [9.17, 15) is 18.0 Å². The number of anilines is 3. The lowest BCUT2D eigenvalue weighted by atomic mass is 10.2. The fraction of sp³-hybridized carbons (Fsp3) is 0.214. The van der Waals surface area contributed by atoms with Crippen molar-refractivity contribution in [2.24, 2.45) is 0 Å². The smallest absolute Gasteiger partial charge is 0.338 e. The Morgan fingerprint density at radius 1 is 1.00 bits per heavy atom. The Morgan fingerprint density at radius 2 is 1.71 bits per heavy atom. The molecule has 1 heterocycles. The minimum Gasteiger partial charge on any atom is -0.452 e. The van der Waals surface area contributed by atoms with Crippen molar-refractivity contribution < 1.29 is 27.5 Å². The summed E-state index contributed by atoms with van der Waals surface area (Å²) >= 11 is 0. The summed E-state index contributed by atoms with van der Waals surface area (Å²) in [6.07, 6.45) is 1.48. The number of hydrogen-bond acceptors (Lipinski definition) is 7. The maximum Gasteiger partial charge on any atom is 0.338 e. The van der Waals surface area contributed by atoms with Crippen molar-refractivity contribution in [3.63, 3.8) is 0 Å². The number of morpholine rings is 1. The van der Waals surface area contributed by atoms with Gasteiger partial charge in [-0.25, -0.2) is 13.2 Å². The standard InChI is InChI=1S/C28H29N3O6S/c1-2-15-31(25-8-4-3-5-9-25)38(34,35)26-10-6-7-22(20-26)28(33)37-21-27(32)29-23-11-13-24(14-12-23)30-16-18-36-19-17-30/h2-14,20H,1,15-19,21H2,(H,29,32). The van der Waals surface area contributed by atoms with Gasteiger partial charge in [0.05, 0.1) is 35.9 Å². The zero-order valence-electron chi connectivity index (χ0n) is 20.8. The highest BCUT2D eigenvalue weighted by Crippen LogP contribution is 2.24. The van der Waals surface area contributed by atoms with Crippen LogP contribution in [-0.2, 0) is 24.3 Å². The van der Waals surface area contributed by atoms with Gasteiger partial charge in [-0.05, 0) is 54.6 Å². The molecule has 0 aromatic heterocycles. The normalized spacial score (nSPS) is 13.4. The molecule has 3 aromatic rings. The number of carbonyl (C=O) groups is 2. The van der Waals surface area contributed by atoms with Crippen LogP contribution in [0.5, 0.6) is 0 Å². The van der Waals surface area contributed by atoms with Crippen LogP contribution in [0.3, 0.4) is 0 Å². The predicted molar refractivity (Wildman–Crippen MR) is 146 cm³/mol. The molecule has 1 fully saturated rings. The second-order valence-corrected chi connectivity index (χ2v) is 10.3. The summed E-state index contributed by atoms with van der Waals surface area (Å²) in [4.78, 5) is 27.1. The Labute approximate surface area is 222 Å². The number of para-hydroxylation sites is 1. The van der Waals surface area contributed by atoms with Crippen LogP contribution in [0.1, 0.15) is 10.4 Å². The molecular formula is C28H29N3O6S. The molecule has 3 aromatic carbocycles. The maximum absolute atomic E-state index is 13.3. The van der Waals surface area contributed by atoms with Gasteiger partial charge in [0.2, 0.25) is 0 Å². The van der Waals surface area contributed by atoms with Crippen LogP contribution < -0.4 is 14.5 Å². The van der Waals surface area contributed by atoms with Crippen LogP contribution in [0.2, 0.25) is 0 Å². The highest BCUT2D eigenvalue weighted by molar-refractivity contribution is 7.92. The molecule has 9 nitrogen and oxygen atoms in total. The van der Waals surface area contributed by atoms with Gasteiger partial charge in [-0.1, -0.05) is 30.3 Å². The fourth-order valence-corrected chi connectivity index (χ4v) is 5.44. The highest BCUT2D eigenvalue weighted by Gasteiger charge is 2.25. The van der Waals surface area contributed by atoms with E-state index in [0.717, 1.165) is 18.8 Å². The van der Waals surface area contributed by atoms with Crippen LogP contribution in [0.4, 0.5) is 17.1 Å². The average Bonchev–Trinajstić information content (AvgIpc) is 2.96. The molecule has 1 amide bonds. The molecule has 0 bridgehead atoms. The molecule has 0 saturated carbocycles. The molecule has 0 spiro atoms. The van der Waals surface area contributed by atoms with Crippen LogP contribution in [0.15, 0.2) is 96.4 Å². The van der Waals surface area contributed by atoms with Crippen LogP contribution in [-0.4, -0.2) is 59.7 Å². The predicted octanol–water partition coefficient (Wildman–Crippen LogP) is 3.70. The summed E-state index contributed by atoms with van der Waals surface area (Å²) in [7, 11) is -3.99. The lowest BCUT2D eigenvalue weighted by Crippen LogP contribution is -2.36. The van der Waals surface area contributed by atoms with E-state index >= 15 is 0 Å². The fourth-order valence-electron chi connectivity index (χ4n) is 3.95. The summed E-state index contributed by atoms with van der Waals surface area (Å²) in [6.45, 7) is 6.16. The Kier molecular flexibility index (Phi) is 8.77. The molecule has 1 aliphatic rings.